The third-order valence-corrected chi connectivity index (χ3v) is 5.69. The molecule has 0 amide bonds. The fourth-order valence-electron chi connectivity index (χ4n) is 3.79. The molecule has 0 unspecified atom stereocenters. The van der Waals surface area contributed by atoms with Crippen molar-refractivity contribution in [2.75, 3.05) is 0 Å². The van der Waals surface area contributed by atoms with Gasteiger partial charge in [-0.05, 0) is 48.2 Å². The summed E-state index contributed by atoms with van der Waals surface area (Å²) in [5.41, 5.74) is 5.49. The molecule has 0 spiro atoms. The summed E-state index contributed by atoms with van der Waals surface area (Å²) >= 11 is 1.91. The minimum Gasteiger partial charge on any atom is -0.308 e. The molecule has 0 aliphatic carbocycles. The van der Waals surface area contributed by atoms with Crippen LogP contribution < -0.4 is 0 Å². The van der Waals surface area contributed by atoms with E-state index in [9.17, 15) is 0 Å². The first-order chi connectivity index (χ1) is 10.2. The molecule has 2 aromatic heterocycles. The first-order valence-electron chi connectivity index (χ1n) is 7.30. The van der Waals surface area contributed by atoms with E-state index in [0.29, 0.717) is 0 Å². The lowest BCUT2D eigenvalue weighted by molar-refractivity contribution is 0.788. The van der Waals surface area contributed by atoms with Crippen molar-refractivity contribution in [1.82, 2.24) is 4.40 Å². The van der Waals surface area contributed by atoms with Crippen LogP contribution in [0.2, 0.25) is 0 Å². The summed E-state index contributed by atoms with van der Waals surface area (Å²) in [6.45, 7) is 4.65. The fourth-order valence-corrected chi connectivity index (χ4v) is 4.65. The van der Waals surface area contributed by atoms with E-state index < -0.39 is 0 Å². The molecule has 21 heavy (non-hydrogen) atoms. The van der Waals surface area contributed by atoms with E-state index in [1.165, 1.54) is 38.4 Å². The highest BCUT2D eigenvalue weighted by molar-refractivity contribution is 8.03. The smallest absolute Gasteiger partial charge is 0.0611 e. The molecule has 0 bridgehead atoms. The van der Waals surface area contributed by atoms with Gasteiger partial charge in [0, 0.05) is 15.7 Å². The summed E-state index contributed by atoms with van der Waals surface area (Å²) in [6.07, 6.45) is 2.27. The Kier molecular flexibility index (Phi) is 2.02. The predicted molar refractivity (Wildman–Crippen MR) is 93.2 cm³/mol. The number of para-hydroxylation sites is 1. The zero-order valence-corrected chi connectivity index (χ0v) is 12.9. The van der Waals surface area contributed by atoms with Gasteiger partial charge in [0.2, 0.25) is 0 Å². The van der Waals surface area contributed by atoms with E-state index in [4.69, 9.17) is 0 Å². The molecule has 3 heterocycles. The van der Waals surface area contributed by atoms with Crippen LogP contribution in [0.3, 0.4) is 0 Å². The van der Waals surface area contributed by atoms with Crippen molar-refractivity contribution in [2.24, 2.45) is 0 Å². The minimum atomic E-state index is 0.114. The minimum absolute atomic E-state index is 0.114. The fraction of sp³-hybridized carbons (Fsp3) is 0.158. The van der Waals surface area contributed by atoms with E-state index >= 15 is 0 Å². The van der Waals surface area contributed by atoms with Crippen LogP contribution in [0.25, 0.3) is 33.3 Å². The van der Waals surface area contributed by atoms with Crippen LogP contribution in [0.5, 0.6) is 0 Å². The second-order valence-electron chi connectivity index (χ2n) is 6.28. The average Bonchev–Trinajstić information content (AvgIpc) is 3.03. The quantitative estimate of drug-likeness (QED) is 0.405. The van der Waals surface area contributed by atoms with Crippen molar-refractivity contribution in [1.29, 1.82) is 0 Å². The van der Waals surface area contributed by atoms with Crippen LogP contribution in [-0.4, -0.2) is 4.40 Å². The van der Waals surface area contributed by atoms with Gasteiger partial charge in [0.05, 0.1) is 16.7 Å². The van der Waals surface area contributed by atoms with Crippen molar-refractivity contribution < 1.29 is 0 Å². The third-order valence-electron chi connectivity index (χ3n) is 4.63. The Hall–Kier alpha value is -1.93. The number of hydrogen-bond donors (Lipinski definition) is 0. The summed E-state index contributed by atoms with van der Waals surface area (Å²) in [4.78, 5) is 0. The molecule has 2 aromatic carbocycles. The van der Waals surface area contributed by atoms with Crippen molar-refractivity contribution in [3.63, 3.8) is 0 Å². The van der Waals surface area contributed by atoms with Gasteiger partial charge in [0.15, 0.2) is 0 Å². The summed E-state index contributed by atoms with van der Waals surface area (Å²) < 4.78 is 2.57. The molecule has 2 heteroatoms. The lowest BCUT2D eigenvalue weighted by atomic mass is 9.97. The SMILES string of the molecule is CC1(C)SC=Cc2c1c1cccc3cc4cccc4n2c31. The van der Waals surface area contributed by atoms with E-state index in [1.807, 2.05) is 11.8 Å². The maximum absolute atomic E-state index is 2.45. The molecular formula is C19H15NS. The molecule has 4 aromatic rings. The average molecular weight is 289 g/mol. The van der Waals surface area contributed by atoms with Crippen LogP contribution in [-0.2, 0) is 4.75 Å². The molecule has 0 atom stereocenters. The first kappa shape index (κ1) is 11.7. The molecule has 1 aliphatic heterocycles. The highest BCUT2D eigenvalue weighted by Gasteiger charge is 2.31. The molecule has 5 rings (SSSR count). The number of rotatable bonds is 0. The molecule has 102 valence electrons. The monoisotopic (exact) mass is 289 g/mol. The maximum Gasteiger partial charge on any atom is 0.0611 e. The number of pyridine rings is 1. The first-order valence-corrected chi connectivity index (χ1v) is 8.18. The summed E-state index contributed by atoms with van der Waals surface area (Å²) in [7, 11) is 0. The standard InChI is InChI=1S/C19H15NS/c1-19(2)17-14-7-3-6-13-11-12-5-4-8-15(12)20(18(13)14)16(17)9-10-21-19/h3-11H,1-2H3. The largest absolute Gasteiger partial charge is 0.308 e. The van der Waals surface area contributed by atoms with Gasteiger partial charge in [-0.25, -0.2) is 0 Å². The van der Waals surface area contributed by atoms with Crippen LogP contribution >= 0.6 is 11.8 Å². The Morgan fingerprint density at radius 3 is 2.71 bits per heavy atom. The summed E-state index contributed by atoms with van der Waals surface area (Å²) in [5.74, 6) is 0. The van der Waals surface area contributed by atoms with Gasteiger partial charge < -0.3 is 4.40 Å². The predicted octanol–water partition coefficient (Wildman–Crippen LogP) is 5.64. The van der Waals surface area contributed by atoms with Gasteiger partial charge in [-0.2, -0.15) is 0 Å². The third kappa shape index (κ3) is 1.34. The molecule has 1 aliphatic rings. The van der Waals surface area contributed by atoms with E-state index in [0.717, 1.165) is 0 Å². The van der Waals surface area contributed by atoms with E-state index in [-0.39, 0.29) is 4.75 Å². The summed E-state index contributed by atoms with van der Waals surface area (Å²) in [6, 6.07) is 15.6. The molecule has 0 radical (unpaired) electrons. The van der Waals surface area contributed by atoms with Gasteiger partial charge in [-0.3, -0.25) is 0 Å². The maximum atomic E-state index is 2.45. The molecule has 0 saturated carbocycles. The molecular weight excluding hydrogens is 274 g/mol. The van der Waals surface area contributed by atoms with Crippen molar-refractivity contribution >= 4 is 45.0 Å². The Balaban J connectivity index is 2.18. The Morgan fingerprint density at radius 2 is 1.81 bits per heavy atom. The Bertz CT molecular complexity index is 1040. The molecule has 0 saturated heterocycles. The van der Waals surface area contributed by atoms with Gasteiger partial charge in [-0.15, -0.1) is 11.8 Å². The zero-order chi connectivity index (χ0) is 14.2. The normalized spacial score (nSPS) is 17.0. The second-order valence-corrected chi connectivity index (χ2v) is 7.81. The molecule has 0 fully saturated rings. The van der Waals surface area contributed by atoms with E-state index in [1.54, 1.807) is 0 Å². The molecule has 1 nitrogen and oxygen atoms in total. The number of nitrogens with zero attached hydrogens (tertiary/aromatic N) is 1. The Morgan fingerprint density at radius 1 is 1.00 bits per heavy atom. The summed E-state index contributed by atoms with van der Waals surface area (Å²) in [5, 5.41) is 6.28. The van der Waals surface area contributed by atoms with E-state index in [2.05, 4.69) is 72.2 Å². The van der Waals surface area contributed by atoms with Crippen LogP contribution in [0.4, 0.5) is 0 Å². The van der Waals surface area contributed by atoms with Crippen LogP contribution in [0.1, 0.15) is 25.1 Å². The lowest BCUT2D eigenvalue weighted by Gasteiger charge is -2.26. The van der Waals surface area contributed by atoms with Gasteiger partial charge >= 0.3 is 0 Å². The van der Waals surface area contributed by atoms with Crippen molar-refractivity contribution in [3.8, 4) is 0 Å². The highest BCUT2D eigenvalue weighted by Crippen LogP contribution is 2.48. The topological polar surface area (TPSA) is 4.41 Å². The number of benzene rings is 1. The Labute approximate surface area is 127 Å². The number of hydrogen-bond acceptors (Lipinski definition) is 1. The number of fused-ring (bicyclic) bond motifs is 5. The lowest BCUT2D eigenvalue weighted by Crippen LogP contribution is -2.14. The van der Waals surface area contributed by atoms with Crippen molar-refractivity contribution in [3.05, 3.63) is 59.1 Å². The molecule has 0 N–H and O–H groups in total. The van der Waals surface area contributed by atoms with Crippen LogP contribution in [0.15, 0.2) is 47.9 Å². The highest BCUT2D eigenvalue weighted by atomic mass is 32.2. The second kappa shape index (κ2) is 3.63. The number of aromatic nitrogens is 1. The van der Waals surface area contributed by atoms with Gasteiger partial charge in [0.25, 0.3) is 0 Å². The van der Waals surface area contributed by atoms with Crippen LogP contribution in [0, 0.1) is 0 Å². The zero-order valence-electron chi connectivity index (χ0n) is 12.1. The van der Waals surface area contributed by atoms with Gasteiger partial charge in [-0.1, -0.05) is 30.3 Å². The van der Waals surface area contributed by atoms with Crippen molar-refractivity contribution in [2.45, 2.75) is 18.6 Å². The van der Waals surface area contributed by atoms with Gasteiger partial charge in [0.1, 0.15) is 0 Å². The number of thioether (sulfide) groups is 1.